The van der Waals surface area contributed by atoms with Crippen molar-refractivity contribution in [3.05, 3.63) is 36.0 Å². The molecule has 0 fully saturated rings. The van der Waals surface area contributed by atoms with E-state index in [0.29, 0.717) is 0 Å². The van der Waals surface area contributed by atoms with Crippen molar-refractivity contribution in [1.29, 1.82) is 0 Å². The standard InChI is InChI=1S/C14H17F2N3O2/c15-14(16,8-20)7-19-13(21)11(17)5-9-6-18-12-4-2-1-3-10(9)12/h1-4,6,11,18,20H,5,7-8,17H2,(H,19,21). The van der Waals surface area contributed by atoms with Crippen LogP contribution in [0.2, 0.25) is 0 Å². The van der Waals surface area contributed by atoms with Crippen LogP contribution in [0, 0.1) is 0 Å². The van der Waals surface area contributed by atoms with Gasteiger partial charge in [0.1, 0.15) is 6.61 Å². The summed E-state index contributed by atoms with van der Waals surface area (Å²) in [6, 6.07) is 6.61. The van der Waals surface area contributed by atoms with E-state index in [-0.39, 0.29) is 6.42 Å². The Morgan fingerprint density at radius 1 is 1.43 bits per heavy atom. The molecule has 5 N–H and O–H groups in total. The summed E-state index contributed by atoms with van der Waals surface area (Å²) in [5.41, 5.74) is 7.51. The highest BCUT2D eigenvalue weighted by molar-refractivity contribution is 5.86. The number of fused-ring (bicyclic) bond motifs is 1. The van der Waals surface area contributed by atoms with E-state index in [0.717, 1.165) is 16.5 Å². The molecule has 2 aromatic rings. The number of H-pyrrole nitrogens is 1. The van der Waals surface area contributed by atoms with Crippen molar-refractivity contribution < 1.29 is 18.7 Å². The Morgan fingerprint density at radius 3 is 2.86 bits per heavy atom. The van der Waals surface area contributed by atoms with Gasteiger partial charge in [0.25, 0.3) is 5.92 Å². The van der Waals surface area contributed by atoms with E-state index in [4.69, 9.17) is 10.8 Å². The van der Waals surface area contributed by atoms with Gasteiger partial charge in [-0.15, -0.1) is 0 Å². The fourth-order valence-corrected chi connectivity index (χ4v) is 2.03. The predicted octanol–water partition coefficient (Wildman–Crippen LogP) is 0.781. The fraction of sp³-hybridized carbons (Fsp3) is 0.357. The molecule has 0 radical (unpaired) electrons. The Kier molecular flexibility index (Phi) is 4.54. The van der Waals surface area contributed by atoms with Gasteiger partial charge in [-0.1, -0.05) is 18.2 Å². The molecule has 7 heteroatoms. The zero-order valence-corrected chi connectivity index (χ0v) is 11.3. The zero-order chi connectivity index (χ0) is 15.5. The largest absolute Gasteiger partial charge is 0.390 e. The Labute approximate surface area is 120 Å². The van der Waals surface area contributed by atoms with Crippen molar-refractivity contribution in [2.45, 2.75) is 18.4 Å². The van der Waals surface area contributed by atoms with Gasteiger partial charge in [-0.3, -0.25) is 4.79 Å². The number of carbonyl (C=O) groups excluding carboxylic acids is 1. The van der Waals surface area contributed by atoms with Crippen LogP contribution in [0.5, 0.6) is 0 Å². The average molecular weight is 297 g/mol. The number of rotatable bonds is 6. The summed E-state index contributed by atoms with van der Waals surface area (Å²) in [6.45, 7) is -2.24. The van der Waals surface area contributed by atoms with Gasteiger partial charge in [0, 0.05) is 17.1 Å². The highest BCUT2D eigenvalue weighted by atomic mass is 19.3. The van der Waals surface area contributed by atoms with E-state index in [1.165, 1.54) is 0 Å². The number of hydrogen-bond donors (Lipinski definition) is 4. The van der Waals surface area contributed by atoms with Crippen molar-refractivity contribution >= 4 is 16.8 Å². The summed E-state index contributed by atoms with van der Waals surface area (Å²) >= 11 is 0. The van der Waals surface area contributed by atoms with E-state index in [1.54, 1.807) is 6.20 Å². The van der Waals surface area contributed by atoms with Crippen molar-refractivity contribution in [3.8, 4) is 0 Å². The van der Waals surface area contributed by atoms with E-state index in [2.05, 4.69) is 4.98 Å². The number of aromatic nitrogens is 1. The van der Waals surface area contributed by atoms with Crippen LogP contribution in [0.1, 0.15) is 5.56 Å². The number of amides is 1. The third kappa shape index (κ3) is 3.77. The molecule has 0 spiro atoms. The van der Waals surface area contributed by atoms with E-state index in [9.17, 15) is 13.6 Å². The van der Waals surface area contributed by atoms with Gasteiger partial charge < -0.3 is 21.1 Å². The van der Waals surface area contributed by atoms with Gasteiger partial charge in [-0.25, -0.2) is 8.78 Å². The summed E-state index contributed by atoms with van der Waals surface area (Å²) < 4.78 is 25.7. The number of aliphatic hydroxyl groups excluding tert-OH is 1. The van der Waals surface area contributed by atoms with Crippen LogP contribution in [0.4, 0.5) is 8.78 Å². The number of hydrogen-bond acceptors (Lipinski definition) is 3. The molecule has 2 rings (SSSR count). The molecular weight excluding hydrogens is 280 g/mol. The van der Waals surface area contributed by atoms with Crippen LogP contribution in [0.3, 0.4) is 0 Å². The maximum atomic E-state index is 12.9. The van der Waals surface area contributed by atoms with Crippen molar-refractivity contribution in [2.75, 3.05) is 13.2 Å². The molecule has 1 atom stereocenters. The molecule has 0 saturated carbocycles. The molecule has 1 heterocycles. The van der Waals surface area contributed by atoms with Crippen LogP contribution >= 0.6 is 0 Å². The van der Waals surface area contributed by atoms with Crippen LogP contribution in [-0.4, -0.2) is 41.1 Å². The third-order valence-electron chi connectivity index (χ3n) is 3.20. The summed E-state index contributed by atoms with van der Waals surface area (Å²) in [7, 11) is 0. The maximum absolute atomic E-state index is 12.9. The first-order chi connectivity index (χ1) is 9.93. The molecule has 1 aromatic carbocycles. The number of carbonyl (C=O) groups is 1. The molecule has 0 aliphatic heterocycles. The maximum Gasteiger partial charge on any atom is 0.287 e. The lowest BCUT2D eigenvalue weighted by molar-refractivity contribution is -0.125. The number of nitrogens with two attached hydrogens (primary N) is 1. The number of aliphatic hydroxyl groups is 1. The molecule has 1 amide bonds. The summed E-state index contributed by atoms with van der Waals surface area (Å²) in [4.78, 5) is 14.8. The third-order valence-corrected chi connectivity index (χ3v) is 3.20. The van der Waals surface area contributed by atoms with Gasteiger partial charge >= 0.3 is 0 Å². The first kappa shape index (κ1) is 15.4. The molecule has 0 aliphatic rings. The molecule has 1 unspecified atom stereocenters. The summed E-state index contributed by atoms with van der Waals surface area (Å²) in [5, 5.41) is 11.4. The average Bonchev–Trinajstić information content (AvgIpc) is 2.88. The van der Waals surface area contributed by atoms with E-state index in [1.807, 2.05) is 29.6 Å². The normalized spacial score (nSPS) is 13.3. The first-order valence-corrected chi connectivity index (χ1v) is 6.50. The highest BCUT2D eigenvalue weighted by Gasteiger charge is 2.29. The lowest BCUT2D eigenvalue weighted by Crippen LogP contribution is -2.47. The van der Waals surface area contributed by atoms with Gasteiger partial charge in [0.15, 0.2) is 0 Å². The van der Waals surface area contributed by atoms with E-state index >= 15 is 0 Å². The minimum Gasteiger partial charge on any atom is -0.390 e. The zero-order valence-electron chi connectivity index (χ0n) is 11.3. The molecule has 0 saturated heterocycles. The number of halogens is 2. The second-order valence-corrected chi connectivity index (χ2v) is 4.90. The second-order valence-electron chi connectivity index (χ2n) is 4.90. The van der Waals surface area contributed by atoms with Gasteiger partial charge in [-0.05, 0) is 18.1 Å². The van der Waals surface area contributed by atoms with E-state index < -0.39 is 31.0 Å². The molecule has 114 valence electrons. The van der Waals surface area contributed by atoms with Gasteiger partial charge in [-0.2, -0.15) is 0 Å². The predicted molar refractivity (Wildman–Crippen MR) is 75.0 cm³/mol. The number of benzene rings is 1. The monoisotopic (exact) mass is 297 g/mol. The number of alkyl halides is 2. The SMILES string of the molecule is NC(Cc1c[nH]c2ccccc12)C(=O)NCC(F)(F)CO. The lowest BCUT2D eigenvalue weighted by Gasteiger charge is -2.16. The van der Waals surface area contributed by atoms with Gasteiger partial charge in [0.2, 0.25) is 5.91 Å². The smallest absolute Gasteiger partial charge is 0.287 e. The molecule has 5 nitrogen and oxygen atoms in total. The van der Waals surface area contributed by atoms with Crippen LogP contribution in [0.15, 0.2) is 30.5 Å². The van der Waals surface area contributed by atoms with Crippen molar-refractivity contribution in [3.63, 3.8) is 0 Å². The fourth-order valence-electron chi connectivity index (χ4n) is 2.03. The quantitative estimate of drug-likeness (QED) is 0.635. The molecule has 0 aliphatic carbocycles. The van der Waals surface area contributed by atoms with Gasteiger partial charge in [0.05, 0.1) is 12.6 Å². The molecule has 0 bridgehead atoms. The summed E-state index contributed by atoms with van der Waals surface area (Å²) in [5.74, 6) is -4.01. The van der Waals surface area contributed by atoms with Crippen molar-refractivity contribution in [2.24, 2.45) is 5.73 Å². The second kappa shape index (κ2) is 6.19. The summed E-state index contributed by atoms with van der Waals surface area (Å²) in [6.07, 6.45) is 1.99. The van der Waals surface area contributed by atoms with Crippen LogP contribution < -0.4 is 11.1 Å². The topological polar surface area (TPSA) is 91.1 Å². The Balaban J connectivity index is 1.98. The minimum atomic E-state index is -3.34. The molecule has 1 aromatic heterocycles. The number of aromatic amines is 1. The Morgan fingerprint density at radius 2 is 2.14 bits per heavy atom. The minimum absolute atomic E-state index is 0.237. The molecule has 21 heavy (non-hydrogen) atoms. The van der Waals surface area contributed by atoms with Crippen LogP contribution in [0.25, 0.3) is 10.9 Å². The highest BCUT2D eigenvalue weighted by Crippen LogP contribution is 2.18. The van der Waals surface area contributed by atoms with Crippen molar-refractivity contribution in [1.82, 2.24) is 10.3 Å². The molecular formula is C14H17F2N3O2. The lowest BCUT2D eigenvalue weighted by atomic mass is 10.1. The number of para-hydroxylation sites is 1. The Hall–Kier alpha value is -1.99. The number of nitrogens with one attached hydrogen (secondary N) is 2. The van der Waals surface area contributed by atoms with Crippen LogP contribution in [-0.2, 0) is 11.2 Å². The first-order valence-electron chi connectivity index (χ1n) is 6.50. The Bertz CT molecular complexity index is 627.